The van der Waals surface area contributed by atoms with Gasteiger partial charge in [0.1, 0.15) is 18.1 Å². The van der Waals surface area contributed by atoms with Crippen molar-refractivity contribution in [1.82, 2.24) is 9.80 Å². The number of nitrogens with one attached hydrogen (secondary N) is 1. The Kier molecular flexibility index (Phi) is 5.55. The Morgan fingerprint density at radius 3 is 2.58 bits per heavy atom. The molecule has 24 heavy (non-hydrogen) atoms. The number of esters is 1. The zero-order valence-corrected chi connectivity index (χ0v) is 14.6. The van der Waals surface area contributed by atoms with Gasteiger partial charge in [0.15, 0.2) is 0 Å². The molecule has 0 atom stereocenters. The molecule has 1 aliphatic rings. The van der Waals surface area contributed by atoms with Crippen LogP contribution in [0.1, 0.15) is 29.1 Å². The summed E-state index contributed by atoms with van der Waals surface area (Å²) in [6, 6.07) is 1.17. The van der Waals surface area contributed by atoms with Crippen molar-refractivity contribution in [3.63, 3.8) is 0 Å². The number of anilines is 1. The van der Waals surface area contributed by atoms with E-state index in [2.05, 4.69) is 5.32 Å². The normalized spacial score (nSPS) is 14.3. The Morgan fingerprint density at radius 2 is 2.04 bits per heavy atom. The van der Waals surface area contributed by atoms with Crippen molar-refractivity contribution in [2.75, 3.05) is 32.1 Å². The Labute approximate surface area is 143 Å². The zero-order valence-electron chi connectivity index (χ0n) is 13.7. The maximum Gasteiger partial charge on any atom is 0.341 e. The summed E-state index contributed by atoms with van der Waals surface area (Å²) in [5.74, 6) is -1.48. The molecule has 1 N–H and O–H groups in total. The minimum absolute atomic E-state index is 0.0425. The molecule has 9 heteroatoms. The molecular formula is C15H19N3O5S. The highest BCUT2D eigenvalue weighted by Gasteiger charge is 2.35. The van der Waals surface area contributed by atoms with E-state index >= 15 is 0 Å². The van der Waals surface area contributed by atoms with Crippen LogP contribution in [0.5, 0.6) is 0 Å². The summed E-state index contributed by atoms with van der Waals surface area (Å²) < 4.78 is 4.98. The summed E-state index contributed by atoms with van der Waals surface area (Å²) >= 11 is 1.27. The van der Waals surface area contributed by atoms with Gasteiger partial charge >= 0.3 is 12.0 Å². The third-order valence-electron chi connectivity index (χ3n) is 3.41. The van der Waals surface area contributed by atoms with Gasteiger partial charge in [-0.25, -0.2) is 9.59 Å². The van der Waals surface area contributed by atoms with Gasteiger partial charge in [0.2, 0.25) is 5.91 Å². The summed E-state index contributed by atoms with van der Waals surface area (Å²) in [7, 11) is 1.49. The third-order valence-corrected chi connectivity index (χ3v) is 4.61. The lowest BCUT2D eigenvalue weighted by molar-refractivity contribution is -0.129. The number of thiophene rings is 1. The quantitative estimate of drug-likeness (QED) is 0.615. The molecule has 2 rings (SSSR count). The van der Waals surface area contributed by atoms with Gasteiger partial charge in [-0.3, -0.25) is 14.5 Å². The molecule has 1 fully saturated rings. The van der Waals surface area contributed by atoms with Crippen LogP contribution in [0.3, 0.4) is 0 Å². The van der Waals surface area contributed by atoms with Crippen LogP contribution in [0.15, 0.2) is 6.07 Å². The molecule has 1 saturated heterocycles. The van der Waals surface area contributed by atoms with Crippen LogP contribution >= 0.6 is 11.3 Å². The van der Waals surface area contributed by atoms with Gasteiger partial charge < -0.3 is 15.0 Å². The molecule has 1 aromatic rings. The third kappa shape index (κ3) is 3.73. The Bertz CT molecular complexity index is 685. The second-order valence-corrected chi connectivity index (χ2v) is 6.33. The standard InChI is InChI=1S/C15H19N3O5S/c1-4-9-6-10(14(21)23-5-2)13(24-9)16-11(19)7-18-12(20)8-17(3)15(18)22/h6H,4-5,7-8H2,1-3H3,(H,16,19). The summed E-state index contributed by atoms with van der Waals surface area (Å²) in [5.41, 5.74) is 0.281. The fourth-order valence-corrected chi connectivity index (χ4v) is 3.20. The minimum Gasteiger partial charge on any atom is -0.462 e. The molecule has 0 bridgehead atoms. The van der Waals surface area contributed by atoms with Crippen LogP contribution in [-0.2, 0) is 20.7 Å². The number of amides is 4. The molecule has 0 aromatic carbocycles. The number of likely N-dealkylation sites (N-methyl/N-ethyl adjacent to an activating group) is 1. The molecular weight excluding hydrogens is 334 g/mol. The molecule has 0 spiro atoms. The van der Waals surface area contributed by atoms with Gasteiger partial charge in [0, 0.05) is 11.9 Å². The van der Waals surface area contributed by atoms with E-state index in [9.17, 15) is 19.2 Å². The highest BCUT2D eigenvalue weighted by molar-refractivity contribution is 7.16. The molecule has 0 saturated carbocycles. The van der Waals surface area contributed by atoms with Crippen LogP contribution in [0.25, 0.3) is 0 Å². The number of carbonyl (C=O) groups excluding carboxylic acids is 4. The van der Waals surface area contributed by atoms with E-state index in [1.54, 1.807) is 13.0 Å². The maximum absolute atomic E-state index is 12.2. The van der Waals surface area contributed by atoms with Crippen LogP contribution in [0.2, 0.25) is 0 Å². The van der Waals surface area contributed by atoms with Crippen molar-refractivity contribution in [3.8, 4) is 0 Å². The molecule has 0 aliphatic carbocycles. The van der Waals surface area contributed by atoms with E-state index in [0.29, 0.717) is 11.4 Å². The van der Waals surface area contributed by atoms with E-state index in [1.807, 2.05) is 6.92 Å². The first-order valence-corrected chi connectivity index (χ1v) is 8.34. The second-order valence-electron chi connectivity index (χ2n) is 5.20. The smallest absolute Gasteiger partial charge is 0.341 e. The number of carbonyl (C=O) groups is 4. The van der Waals surface area contributed by atoms with E-state index in [-0.39, 0.29) is 25.3 Å². The first-order valence-electron chi connectivity index (χ1n) is 7.52. The summed E-state index contributed by atoms with van der Waals surface area (Å²) in [5, 5.41) is 2.97. The van der Waals surface area contributed by atoms with E-state index in [4.69, 9.17) is 4.74 Å². The molecule has 2 heterocycles. The van der Waals surface area contributed by atoms with Crippen molar-refractivity contribution in [2.45, 2.75) is 20.3 Å². The molecule has 1 aromatic heterocycles. The number of hydrogen-bond acceptors (Lipinski definition) is 6. The molecule has 4 amide bonds. The molecule has 1 aliphatic heterocycles. The Balaban J connectivity index is 2.11. The van der Waals surface area contributed by atoms with Crippen LogP contribution < -0.4 is 5.32 Å². The van der Waals surface area contributed by atoms with Crippen LogP contribution in [0, 0.1) is 0 Å². The van der Waals surface area contributed by atoms with Gasteiger partial charge in [-0.05, 0) is 19.4 Å². The Hall–Kier alpha value is -2.42. The number of rotatable bonds is 6. The van der Waals surface area contributed by atoms with Gasteiger partial charge in [-0.2, -0.15) is 0 Å². The van der Waals surface area contributed by atoms with Crippen molar-refractivity contribution in [2.24, 2.45) is 0 Å². The number of imide groups is 1. The van der Waals surface area contributed by atoms with Crippen molar-refractivity contribution < 1.29 is 23.9 Å². The van der Waals surface area contributed by atoms with Crippen LogP contribution in [0.4, 0.5) is 9.80 Å². The summed E-state index contributed by atoms with van der Waals surface area (Å²) in [4.78, 5) is 50.7. The topological polar surface area (TPSA) is 96.0 Å². The number of nitrogens with zero attached hydrogens (tertiary/aromatic N) is 2. The molecule has 0 unspecified atom stereocenters. The lowest BCUT2D eigenvalue weighted by Crippen LogP contribution is -2.38. The molecule has 130 valence electrons. The van der Waals surface area contributed by atoms with Gasteiger partial charge in [0.25, 0.3) is 5.91 Å². The zero-order chi connectivity index (χ0) is 17.9. The first-order chi connectivity index (χ1) is 11.4. The predicted molar refractivity (Wildman–Crippen MR) is 88.0 cm³/mol. The van der Waals surface area contributed by atoms with Crippen molar-refractivity contribution in [1.29, 1.82) is 0 Å². The lowest BCUT2D eigenvalue weighted by atomic mass is 10.2. The summed E-state index contributed by atoms with van der Waals surface area (Å²) in [6.45, 7) is 3.43. The van der Waals surface area contributed by atoms with Crippen LogP contribution in [-0.4, -0.2) is 60.4 Å². The lowest BCUT2D eigenvalue weighted by Gasteiger charge is -2.13. The fourth-order valence-electron chi connectivity index (χ4n) is 2.20. The maximum atomic E-state index is 12.2. The molecule has 8 nitrogen and oxygen atoms in total. The monoisotopic (exact) mass is 353 g/mol. The Morgan fingerprint density at radius 1 is 1.33 bits per heavy atom. The largest absolute Gasteiger partial charge is 0.462 e. The highest BCUT2D eigenvalue weighted by atomic mass is 32.1. The van der Waals surface area contributed by atoms with E-state index < -0.39 is 23.8 Å². The minimum atomic E-state index is -0.540. The second kappa shape index (κ2) is 7.43. The fraction of sp³-hybridized carbons (Fsp3) is 0.467. The first kappa shape index (κ1) is 17.9. The SMILES string of the molecule is CCOC(=O)c1cc(CC)sc1NC(=O)CN1C(=O)CN(C)C1=O. The number of aryl methyl sites for hydroxylation is 1. The van der Waals surface area contributed by atoms with E-state index in [0.717, 1.165) is 9.78 Å². The van der Waals surface area contributed by atoms with Crippen molar-refractivity contribution >= 4 is 40.2 Å². The van der Waals surface area contributed by atoms with Crippen molar-refractivity contribution in [3.05, 3.63) is 16.5 Å². The highest BCUT2D eigenvalue weighted by Crippen LogP contribution is 2.29. The summed E-state index contributed by atoms with van der Waals surface area (Å²) in [6.07, 6.45) is 0.709. The number of urea groups is 1. The van der Waals surface area contributed by atoms with E-state index in [1.165, 1.54) is 23.3 Å². The average Bonchev–Trinajstić information content (AvgIpc) is 3.04. The van der Waals surface area contributed by atoms with Gasteiger partial charge in [-0.15, -0.1) is 11.3 Å². The predicted octanol–water partition coefficient (Wildman–Crippen LogP) is 1.32. The number of hydrogen-bond donors (Lipinski definition) is 1. The van der Waals surface area contributed by atoms with Gasteiger partial charge in [-0.1, -0.05) is 6.92 Å². The molecule has 0 radical (unpaired) electrons. The number of ether oxygens (including phenoxy) is 1. The van der Waals surface area contributed by atoms with Gasteiger partial charge in [0.05, 0.1) is 12.2 Å². The average molecular weight is 353 g/mol.